The zero-order valence-electron chi connectivity index (χ0n) is 24.2. The van der Waals surface area contributed by atoms with Gasteiger partial charge in [0, 0.05) is 19.1 Å². The van der Waals surface area contributed by atoms with Gasteiger partial charge >= 0.3 is 0 Å². The Balaban J connectivity index is 1.54. The molecule has 3 heterocycles. The average molecular weight is 551 g/mol. The molecule has 5 rings (SSSR count). The molecule has 2 aromatic heterocycles. The van der Waals surface area contributed by atoms with E-state index in [2.05, 4.69) is 56.0 Å². The molecule has 40 heavy (non-hydrogen) atoms. The summed E-state index contributed by atoms with van der Waals surface area (Å²) in [6.07, 6.45) is 13.4. The Hall–Kier alpha value is -3.14. The Morgan fingerprint density at radius 2 is 1.93 bits per heavy atom. The lowest BCUT2D eigenvalue weighted by atomic mass is 9.80. The van der Waals surface area contributed by atoms with Gasteiger partial charge in [0.25, 0.3) is 0 Å². The van der Waals surface area contributed by atoms with Gasteiger partial charge in [-0.2, -0.15) is 0 Å². The Morgan fingerprint density at radius 3 is 2.58 bits per heavy atom. The smallest absolute Gasteiger partial charge is 0.208 e. The number of anilines is 2. The Morgan fingerprint density at radius 1 is 1.15 bits per heavy atom. The minimum Gasteiger partial charge on any atom is -0.465 e. The maximum Gasteiger partial charge on any atom is 0.208 e. The number of hydrogen-bond acceptors (Lipinski definition) is 9. The van der Waals surface area contributed by atoms with Gasteiger partial charge in [-0.05, 0) is 83.1 Å². The lowest BCUT2D eigenvalue weighted by Crippen LogP contribution is -2.45. The van der Waals surface area contributed by atoms with Crippen LogP contribution in [0.2, 0.25) is 0 Å². The number of nitrogens with two attached hydrogens (primary N) is 1. The molecule has 2 atom stereocenters. The van der Waals surface area contributed by atoms with Gasteiger partial charge in [-0.25, -0.2) is 15.0 Å². The number of hydrogen-bond donors (Lipinski definition) is 3. The topological polar surface area (TPSA) is 128 Å². The van der Waals surface area contributed by atoms with E-state index in [-0.39, 0.29) is 23.7 Å². The third kappa shape index (κ3) is 6.43. The van der Waals surface area contributed by atoms with Gasteiger partial charge < -0.3 is 25.6 Å². The molecule has 4 N–H and O–H groups in total. The number of aryl methyl sites for hydroxylation is 1. The van der Waals surface area contributed by atoms with E-state index in [1.807, 2.05) is 6.92 Å². The number of aliphatic imine (C=N–C) groups is 1. The summed E-state index contributed by atoms with van der Waals surface area (Å²) in [5.41, 5.74) is 6.83. The van der Waals surface area contributed by atoms with Crippen molar-refractivity contribution in [1.29, 1.82) is 0 Å². The van der Waals surface area contributed by atoms with Crippen LogP contribution in [-0.4, -0.2) is 58.4 Å². The molecule has 1 unspecified atom stereocenters. The van der Waals surface area contributed by atoms with Crippen molar-refractivity contribution >= 4 is 29.9 Å². The molecular formula is C30H46N8O2. The van der Waals surface area contributed by atoms with Crippen LogP contribution in [0.5, 0.6) is 0 Å². The van der Waals surface area contributed by atoms with Crippen LogP contribution in [0.4, 0.5) is 17.3 Å². The first kappa shape index (κ1) is 28.4. The zero-order valence-corrected chi connectivity index (χ0v) is 24.2. The number of furan rings is 1. The summed E-state index contributed by atoms with van der Waals surface area (Å²) in [7, 11) is 0. The Labute approximate surface area is 238 Å². The van der Waals surface area contributed by atoms with Crippen LogP contribution in [0.25, 0.3) is 0 Å². The van der Waals surface area contributed by atoms with Crippen molar-refractivity contribution in [2.45, 2.75) is 96.6 Å². The third-order valence-corrected chi connectivity index (χ3v) is 9.15. The number of nitrogens with zero attached hydrogens (tertiary/aromatic N) is 6. The van der Waals surface area contributed by atoms with Crippen molar-refractivity contribution in [3.05, 3.63) is 29.5 Å². The summed E-state index contributed by atoms with van der Waals surface area (Å²) in [6, 6.07) is 4.64. The van der Waals surface area contributed by atoms with Gasteiger partial charge in [0.1, 0.15) is 17.2 Å². The largest absolute Gasteiger partial charge is 0.465 e. The molecule has 2 saturated carbocycles. The SMILES string of the molecule is C=Nc1nc(/C(N)=N/O)nc(N[C@H](C)C2CCC2)c1N(CC1CCCCC1)CN1CCCCC1c1ccc(C)o1. The highest BCUT2D eigenvalue weighted by molar-refractivity contribution is 5.95. The second-order valence-corrected chi connectivity index (χ2v) is 12.0. The second kappa shape index (κ2) is 13.0. The molecule has 0 bridgehead atoms. The van der Waals surface area contributed by atoms with Crippen LogP contribution in [-0.2, 0) is 0 Å². The van der Waals surface area contributed by atoms with Crippen molar-refractivity contribution < 1.29 is 9.62 Å². The fourth-order valence-electron chi connectivity index (χ4n) is 6.61. The number of nitrogens with one attached hydrogen (secondary N) is 1. The standard InChI is InChI=1S/C30H46N8O2/c1-20-15-16-25(40-20)24-14-7-8-17-37(24)19-38(18-22-10-5-4-6-11-22)26-28(32-3)34-30(27(31)36-39)35-29(26)33-21(2)23-12-9-13-23/h15-16,21-24,39H,3-14,17-19H2,1-2H3,(H2,31,36)(H,33,34,35)/t21-,24?/m1/s1. The van der Waals surface area contributed by atoms with E-state index in [1.54, 1.807) is 0 Å². The number of oxime groups is 1. The summed E-state index contributed by atoms with van der Waals surface area (Å²) < 4.78 is 6.13. The average Bonchev–Trinajstić information content (AvgIpc) is 3.37. The maximum absolute atomic E-state index is 9.40. The van der Waals surface area contributed by atoms with Crippen LogP contribution >= 0.6 is 0 Å². The first-order valence-electron chi connectivity index (χ1n) is 15.1. The van der Waals surface area contributed by atoms with Crippen LogP contribution < -0.4 is 16.0 Å². The van der Waals surface area contributed by atoms with E-state index in [9.17, 15) is 5.21 Å². The highest BCUT2D eigenvalue weighted by Gasteiger charge is 2.33. The molecule has 10 heteroatoms. The van der Waals surface area contributed by atoms with Gasteiger partial charge in [0.05, 0.1) is 12.7 Å². The molecule has 2 aromatic rings. The molecular weight excluding hydrogens is 504 g/mol. The van der Waals surface area contributed by atoms with Crippen molar-refractivity contribution in [1.82, 2.24) is 14.9 Å². The predicted octanol–water partition coefficient (Wildman–Crippen LogP) is 5.98. The van der Waals surface area contributed by atoms with Crippen LogP contribution in [0.3, 0.4) is 0 Å². The van der Waals surface area contributed by atoms with Crippen molar-refractivity contribution in [3.63, 3.8) is 0 Å². The number of aromatic nitrogens is 2. The Kier molecular flexibility index (Phi) is 9.24. The van der Waals surface area contributed by atoms with Gasteiger partial charge in [0.15, 0.2) is 11.6 Å². The highest BCUT2D eigenvalue weighted by atomic mass is 16.4. The summed E-state index contributed by atoms with van der Waals surface area (Å²) in [5, 5.41) is 16.3. The quantitative estimate of drug-likeness (QED) is 0.135. The molecule has 3 aliphatic rings. The Bertz CT molecular complexity index is 1170. The van der Waals surface area contributed by atoms with Gasteiger partial charge in [-0.3, -0.25) is 4.90 Å². The highest BCUT2D eigenvalue weighted by Crippen LogP contribution is 2.40. The maximum atomic E-state index is 9.40. The van der Waals surface area contributed by atoms with Crippen LogP contribution in [0.15, 0.2) is 26.7 Å². The fraction of sp³-hybridized carbons (Fsp3) is 0.667. The first-order valence-corrected chi connectivity index (χ1v) is 15.1. The fourth-order valence-corrected chi connectivity index (χ4v) is 6.61. The third-order valence-electron chi connectivity index (χ3n) is 9.15. The normalized spacial score (nSPS) is 22.1. The van der Waals surface area contributed by atoms with Crippen molar-refractivity contribution in [2.75, 3.05) is 30.0 Å². The lowest BCUT2D eigenvalue weighted by Gasteiger charge is -2.41. The number of likely N-dealkylation sites (tertiary alicyclic amines) is 1. The molecule has 0 aromatic carbocycles. The van der Waals surface area contributed by atoms with E-state index in [1.165, 1.54) is 57.8 Å². The second-order valence-electron chi connectivity index (χ2n) is 12.0. The van der Waals surface area contributed by atoms with Crippen LogP contribution in [0.1, 0.15) is 101 Å². The summed E-state index contributed by atoms with van der Waals surface area (Å²) in [5.74, 6) is 4.30. The molecule has 0 amide bonds. The molecule has 3 fully saturated rings. The monoisotopic (exact) mass is 550 g/mol. The van der Waals surface area contributed by atoms with Gasteiger partial charge in [-0.15, -0.1) is 0 Å². The van der Waals surface area contributed by atoms with Gasteiger partial charge in [0.2, 0.25) is 11.7 Å². The van der Waals surface area contributed by atoms with Crippen LogP contribution in [0, 0.1) is 18.8 Å². The molecule has 0 radical (unpaired) electrons. The van der Waals surface area contributed by atoms with E-state index >= 15 is 0 Å². The summed E-state index contributed by atoms with van der Waals surface area (Å²) >= 11 is 0. The minimum atomic E-state index is -0.140. The van der Waals surface area contributed by atoms with Crippen molar-refractivity contribution in [2.24, 2.45) is 27.7 Å². The zero-order chi connectivity index (χ0) is 28.1. The summed E-state index contributed by atoms with van der Waals surface area (Å²) in [6.45, 7) is 10.7. The minimum absolute atomic E-state index is 0.140. The number of amidine groups is 1. The number of rotatable bonds is 11. The molecule has 1 aliphatic heterocycles. The van der Waals surface area contributed by atoms with E-state index < -0.39 is 0 Å². The predicted molar refractivity (Wildman–Crippen MR) is 160 cm³/mol. The lowest BCUT2D eigenvalue weighted by molar-refractivity contribution is 0.127. The molecule has 2 aliphatic carbocycles. The van der Waals surface area contributed by atoms with E-state index in [0.29, 0.717) is 30.1 Å². The molecule has 218 valence electrons. The number of piperidine rings is 1. The van der Waals surface area contributed by atoms with E-state index in [0.717, 1.165) is 43.1 Å². The van der Waals surface area contributed by atoms with Crippen molar-refractivity contribution in [3.8, 4) is 0 Å². The van der Waals surface area contributed by atoms with Gasteiger partial charge in [-0.1, -0.05) is 37.3 Å². The summed E-state index contributed by atoms with van der Waals surface area (Å²) in [4.78, 5) is 18.8. The molecule has 1 saturated heterocycles. The molecule has 0 spiro atoms. The first-order chi connectivity index (χ1) is 19.5. The van der Waals surface area contributed by atoms with E-state index in [4.69, 9.17) is 15.1 Å². The molecule has 10 nitrogen and oxygen atoms in total.